The molecule has 0 bridgehead atoms. The van der Waals surface area contributed by atoms with E-state index in [2.05, 4.69) is 4.98 Å². The van der Waals surface area contributed by atoms with E-state index in [-0.39, 0.29) is 20.6 Å². The highest BCUT2D eigenvalue weighted by molar-refractivity contribution is 7.91. The maximum Gasteiger partial charge on any atom is 0.225 e. The molecule has 90 valence electrons. The van der Waals surface area contributed by atoms with Gasteiger partial charge in [-0.1, -0.05) is 29.8 Å². The number of hydrogen-bond acceptors (Lipinski definition) is 4. The molecule has 0 amide bonds. The first kappa shape index (κ1) is 12.6. The van der Waals surface area contributed by atoms with Gasteiger partial charge in [-0.15, -0.1) is 0 Å². The van der Waals surface area contributed by atoms with Crippen LogP contribution in [0.1, 0.15) is 5.56 Å². The van der Waals surface area contributed by atoms with Crippen molar-refractivity contribution in [3.05, 3.63) is 53.2 Å². The van der Waals surface area contributed by atoms with Crippen molar-refractivity contribution in [3.63, 3.8) is 0 Å². The van der Waals surface area contributed by atoms with Gasteiger partial charge < -0.3 is 0 Å². The van der Waals surface area contributed by atoms with E-state index < -0.39 is 9.84 Å². The molecule has 1 aromatic heterocycles. The first-order valence-electron chi connectivity index (χ1n) is 4.92. The first-order valence-corrected chi connectivity index (χ1v) is 6.78. The number of benzene rings is 1. The number of halogens is 1. The molecule has 1 heterocycles. The van der Waals surface area contributed by atoms with Crippen molar-refractivity contribution in [3.8, 4) is 6.07 Å². The van der Waals surface area contributed by atoms with Crippen LogP contribution in [0, 0.1) is 11.3 Å². The van der Waals surface area contributed by atoms with Crippen LogP contribution >= 0.6 is 11.6 Å². The van der Waals surface area contributed by atoms with Crippen LogP contribution in [-0.4, -0.2) is 13.4 Å². The molecule has 0 aliphatic carbocycles. The van der Waals surface area contributed by atoms with E-state index in [0.717, 1.165) is 0 Å². The molecular formula is C12H7ClN2O2S. The average molecular weight is 279 g/mol. The van der Waals surface area contributed by atoms with Crippen LogP contribution in [-0.2, 0) is 9.84 Å². The van der Waals surface area contributed by atoms with Gasteiger partial charge in [0.1, 0.15) is 11.2 Å². The van der Waals surface area contributed by atoms with Gasteiger partial charge in [-0.3, -0.25) is 0 Å². The Balaban J connectivity index is 2.67. The summed E-state index contributed by atoms with van der Waals surface area (Å²) in [5.41, 5.74) is 0.0827. The minimum absolute atomic E-state index is 0.0673. The Morgan fingerprint density at radius 3 is 2.50 bits per heavy atom. The number of pyridine rings is 1. The summed E-state index contributed by atoms with van der Waals surface area (Å²) in [6, 6.07) is 12.1. The monoisotopic (exact) mass is 278 g/mol. The molecule has 0 aliphatic rings. The van der Waals surface area contributed by atoms with E-state index in [4.69, 9.17) is 16.9 Å². The topological polar surface area (TPSA) is 70.8 Å². The molecule has 0 saturated heterocycles. The molecule has 0 radical (unpaired) electrons. The number of hydrogen-bond donors (Lipinski definition) is 0. The number of nitriles is 1. The van der Waals surface area contributed by atoms with Gasteiger partial charge in [0.25, 0.3) is 0 Å². The number of nitrogens with zero attached hydrogens (tertiary/aromatic N) is 2. The molecule has 0 unspecified atom stereocenters. The Kier molecular flexibility index (Phi) is 3.32. The highest BCUT2D eigenvalue weighted by Gasteiger charge is 2.22. The fraction of sp³-hybridized carbons (Fsp3) is 0. The van der Waals surface area contributed by atoms with Crippen molar-refractivity contribution in [1.82, 2.24) is 4.98 Å². The average Bonchev–Trinajstić information content (AvgIpc) is 2.38. The van der Waals surface area contributed by atoms with Crippen LogP contribution in [0.15, 0.2) is 52.4 Å². The molecular weight excluding hydrogens is 272 g/mol. The van der Waals surface area contributed by atoms with Crippen LogP contribution < -0.4 is 0 Å². The summed E-state index contributed by atoms with van der Waals surface area (Å²) >= 11 is 5.67. The summed E-state index contributed by atoms with van der Waals surface area (Å²) in [7, 11) is -3.82. The van der Waals surface area contributed by atoms with Crippen molar-refractivity contribution < 1.29 is 8.42 Å². The second-order valence-electron chi connectivity index (χ2n) is 3.41. The van der Waals surface area contributed by atoms with Crippen LogP contribution in [0.25, 0.3) is 0 Å². The lowest BCUT2D eigenvalue weighted by atomic mass is 10.2. The Hall–Kier alpha value is -1.90. The summed E-state index contributed by atoms with van der Waals surface area (Å²) < 4.78 is 24.6. The van der Waals surface area contributed by atoms with Crippen molar-refractivity contribution in [2.45, 2.75) is 9.92 Å². The molecule has 2 aromatic rings. The summed E-state index contributed by atoms with van der Waals surface area (Å²) in [4.78, 5) is 3.70. The molecule has 4 nitrogen and oxygen atoms in total. The Labute approximate surface area is 109 Å². The van der Waals surface area contributed by atoms with E-state index in [0.29, 0.717) is 0 Å². The molecule has 0 fully saturated rings. The molecule has 0 N–H and O–H groups in total. The third-order valence-corrected chi connectivity index (χ3v) is 4.19. The van der Waals surface area contributed by atoms with E-state index in [1.165, 1.54) is 30.3 Å². The summed E-state index contributed by atoms with van der Waals surface area (Å²) in [5, 5.41) is 8.84. The lowest BCUT2D eigenvalue weighted by Crippen LogP contribution is -2.06. The van der Waals surface area contributed by atoms with Gasteiger partial charge in [0.2, 0.25) is 9.84 Å². The largest absolute Gasteiger partial charge is 0.225 e. The summed E-state index contributed by atoms with van der Waals surface area (Å²) in [6.45, 7) is 0. The normalized spacial score (nSPS) is 10.9. The maximum absolute atomic E-state index is 12.3. The van der Waals surface area contributed by atoms with Gasteiger partial charge >= 0.3 is 0 Å². The first-order chi connectivity index (χ1) is 8.55. The highest BCUT2D eigenvalue weighted by Crippen LogP contribution is 2.23. The molecule has 18 heavy (non-hydrogen) atoms. The number of aromatic nitrogens is 1. The van der Waals surface area contributed by atoms with E-state index >= 15 is 0 Å². The number of sulfone groups is 1. The van der Waals surface area contributed by atoms with Crippen LogP contribution in [0.4, 0.5) is 0 Å². The second kappa shape index (κ2) is 4.77. The zero-order valence-electron chi connectivity index (χ0n) is 9.04. The van der Waals surface area contributed by atoms with Crippen molar-refractivity contribution >= 4 is 21.4 Å². The van der Waals surface area contributed by atoms with Gasteiger partial charge in [0, 0.05) is 0 Å². The second-order valence-corrected chi connectivity index (χ2v) is 5.66. The van der Waals surface area contributed by atoms with Crippen LogP contribution in [0.2, 0.25) is 5.15 Å². The molecule has 2 rings (SSSR count). The van der Waals surface area contributed by atoms with Gasteiger partial charge in [-0.25, -0.2) is 13.4 Å². The van der Waals surface area contributed by atoms with Gasteiger partial charge in [-0.2, -0.15) is 5.26 Å². The predicted octanol–water partition coefficient (Wildman–Crippen LogP) is 2.44. The minimum atomic E-state index is -3.82. The fourth-order valence-electron chi connectivity index (χ4n) is 1.45. The zero-order valence-corrected chi connectivity index (χ0v) is 10.6. The van der Waals surface area contributed by atoms with Gasteiger partial charge in [-0.05, 0) is 24.3 Å². The SMILES string of the molecule is N#Cc1ccccc1S(=O)(=O)c1cccc(Cl)n1. The predicted molar refractivity (Wildman–Crippen MR) is 65.9 cm³/mol. The third kappa shape index (κ3) is 2.21. The fourth-order valence-corrected chi connectivity index (χ4v) is 3.02. The third-order valence-electron chi connectivity index (χ3n) is 2.26. The minimum Gasteiger partial charge on any atom is -0.224 e. The van der Waals surface area contributed by atoms with Gasteiger partial charge in [0.05, 0.1) is 10.5 Å². The molecule has 0 atom stereocenters. The van der Waals surface area contributed by atoms with Crippen LogP contribution in [0.3, 0.4) is 0 Å². The van der Waals surface area contributed by atoms with Crippen LogP contribution in [0.5, 0.6) is 0 Å². The Morgan fingerprint density at radius 2 is 1.83 bits per heavy atom. The molecule has 0 aliphatic heterocycles. The van der Waals surface area contributed by atoms with E-state index in [1.54, 1.807) is 12.1 Å². The maximum atomic E-state index is 12.3. The highest BCUT2D eigenvalue weighted by atomic mass is 35.5. The number of rotatable bonds is 2. The zero-order chi connectivity index (χ0) is 13.2. The smallest absolute Gasteiger partial charge is 0.224 e. The molecule has 0 spiro atoms. The lowest BCUT2D eigenvalue weighted by Gasteiger charge is -2.05. The Morgan fingerprint density at radius 1 is 1.11 bits per heavy atom. The molecule has 0 saturated carbocycles. The molecule has 1 aromatic carbocycles. The van der Waals surface area contributed by atoms with Crippen molar-refractivity contribution in [1.29, 1.82) is 5.26 Å². The Bertz CT molecular complexity index is 736. The summed E-state index contributed by atoms with van der Waals surface area (Å²) in [6.07, 6.45) is 0. The van der Waals surface area contributed by atoms with E-state index in [1.807, 2.05) is 6.07 Å². The molecule has 6 heteroatoms. The quantitative estimate of drug-likeness (QED) is 0.791. The van der Waals surface area contributed by atoms with Gasteiger partial charge in [0.15, 0.2) is 5.03 Å². The van der Waals surface area contributed by atoms with Crippen molar-refractivity contribution in [2.75, 3.05) is 0 Å². The summed E-state index contributed by atoms with van der Waals surface area (Å²) in [5.74, 6) is 0. The van der Waals surface area contributed by atoms with E-state index in [9.17, 15) is 8.42 Å². The standard InChI is InChI=1S/C12H7ClN2O2S/c13-11-6-3-7-12(15-11)18(16,17)10-5-2-1-4-9(10)8-14/h1-7H. The lowest BCUT2D eigenvalue weighted by molar-refractivity contribution is 0.592. The van der Waals surface area contributed by atoms with Crippen molar-refractivity contribution in [2.24, 2.45) is 0 Å².